The van der Waals surface area contributed by atoms with Crippen LogP contribution in [-0.2, 0) is 21.3 Å². The molecule has 0 unspecified atom stereocenters. The maximum absolute atomic E-state index is 12.3. The Morgan fingerprint density at radius 3 is 2.70 bits per heavy atom. The number of aromatic amines is 1. The largest absolute Gasteiger partial charge is 0.375 e. The molecule has 0 aliphatic heterocycles. The lowest BCUT2D eigenvalue weighted by Crippen LogP contribution is -2.40. The van der Waals surface area contributed by atoms with Crippen LogP contribution in [0.4, 0.5) is 0 Å². The van der Waals surface area contributed by atoms with Crippen LogP contribution in [0.3, 0.4) is 0 Å². The summed E-state index contributed by atoms with van der Waals surface area (Å²) in [7, 11) is -3.62. The van der Waals surface area contributed by atoms with Gasteiger partial charge in [0, 0.05) is 25.3 Å². The van der Waals surface area contributed by atoms with E-state index in [9.17, 15) is 8.42 Å². The lowest BCUT2D eigenvalue weighted by Gasteiger charge is -2.24. The van der Waals surface area contributed by atoms with Crippen LogP contribution in [0.2, 0.25) is 0 Å². The van der Waals surface area contributed by atoms with Crippen molar-refractivity contribution in [2.45, 2.75) is 44.9 Å². The second kappa shape index (κ2) is 7.16. The van der Waals surface area contributed by atoms with Crippen molar-refractivity contribution in [3.63, 3.8) is 0 Å². The summed E-state index contributed by atoms with van der Waals surface area (Å²) in [6.07, 6.45) is 1.52. The fraction of sp³-hybridized carbons (Fsp3) is 0.750. The number of H-pyrrole nitrogens is 1. The Balaban J connectivity index is 2.76. The molecule has 0 aliphatic carbocycles. The quantitative estimate of drug-likeness (QED) is 0.621. The van der Waals surface area contributed by atoms with E-state index >= 15 is 0 Å². The van der Waals surface area contributed by atoms with Crippen molar-refractivity contribution in [1.29, 1.82) is 0 Å². The second-order valence-corrected chi connectivity index (χ2v) is 6.73. The molecule has 0 radical (unpaired) electrons. The minimum atomic E-state index is -3.62. The van der Waals surface area contributed by atoms with Crippen molar-refractivity contribution in [2.24, 2.45) is 0 Å². The van der Waals surface area contributed by atoms with Gasteiger partial charge in [-0.2, -0.15) is 5.10 Å². The van der Waals surface area contributed by atoms with Gasteiger partial charge in [-0.25, -0.2) is 13.1 Å². The second-order valence-electron chi connectivity index (χ2n) is 5.02. The highest BCUT2D eigenvalue weighted by Crippen LogP contribution is 2.13. The lowest BCUT2D eigenvalue weighted by molar-refractivity contribution is -0.00516. The van der Waals surface area contributed by atoms with Crippen LogP contribution in [0.15, 0.2) is 11.2 Å². The average Bonchev–Trinajstić information content (AvgIpc) is 2.83. The molecule has 0 atom stereocenters. The van der Waals surface area contributed by atoms with Crippen LogP contribution in [0.5, 0.6) is 0 Å². The van der Waals surface area contributed by atoms with Crippen molar-refractivity contribution >= 4 is 10.0 Å². The van der Waals surface area contributed by atoms with Crippen molar-refractivity contribution in [1.82, 2.24) is 20.2 Å². The molecule has 0 saturated heterocycles. The first kappa shape index (κ1) is 17.1. The van der Waals surface area contributed by atoms with E-state index in [-0.39, 0.29) is 11.6 Å². The highest BCUT2D eigenvalue weighted by molar-refractivity contribution is 7.89. The zero-order valence-corrected chi connectivity index (χ0v) is 13.3. The van der Waals surface area contributed by atoms with Crippen molar-refractivity contribution < 1.29 is 13.2 Å². The maximum atomic E-state index is 12.3. The molecular formula is C12H24N4O3S. The summed E-state index contributed by atoms with van der Waals surface area (Å²) in [6, 6.07) is 0. The number of aromatic nitrogens is 2. The number of sulfonamides is 1. The van der Waals surface area contributed by atoms with Crippen LogP contribution in [0.1, 0.15) is 33.3 Å². The molecule has 1 aromatic heterocycles. The summed E-state index contributed by atoms with van der Waals surface area (Å²) in [6.45, 7) is 9.45. The molecule has 0 aromatic carbocycles. The molecule has 20 heavy (non-hydrogen) atoms. The van der Waals surface area contributed by atoms with E-state index in [4.69, 9.17) is 4.74 Å². The molecule has 1 heterocycles. The zero-order chi connectivity index (χ0) is 15.2. The lowest BCUT2D eigenvalue weighted by atomic mass is 10.1. The van der Waals surface area contributed by atoms with Gasteiger partial charge in [-0.1, -0.05) is 6.92 Å². The van der Waals surface area contributed by atoms with Gasteiger partial charge < -0.3 is 10.1 Å². The van der Waals surface area contributed by atoms with E-state index in [0.29, 0.717) is 18.7 Å². The highest BCUT2D eigenvalue weighted by atomic mass is 32.2. The van der Waals surface area contributed by atoms with E-state index in [1.54, 1.807) is 0 Å². The first-order chi connectivity index (χ1) is 9.32. The van der Waals surface area contributed by atoms with Gasteiger partial charge in [0.1, 0.15) is 0 Å². The van der Waals surface area contributed by atoms with E-state index in [1.165, 1.54) is 6.20 Å². The Labute approximate surface area is 120 Å². The Hall–Kier alpha value is -0.960. The number of ether oxygens (including phenoxy) is 1. The van der Waals surface area contributed by atoms with Gasteiger partial charge in [-0.15, -0.1) is 0 Å². The van der Waals surface area contributed by atoms with E-state index in [0.717, 1.165) is 6.54 Å². The van der Waals surface area contributed by atoms with Crippen LogP contribution < -0.4 is 10.0 Å². The molecule has 0 saturated carbocycles. The minimum Gasteiger partial charge on any atom is -0.375 e. The molecule has 7 nitrogen and oxygen atoms in total. The number of rotatable bonds is 9. The highest BCUT2D eigenvalue weighted by Gasteiger charge is 2.25. The normalized spacial score (nSPS) is 12.8. The SMILES string of the molecule is CCNCc1cn[nH]c1S(=O)(=O)NCC(C)(C)OCC. The average molecular weight is 304 g/mol. The predicted octanol–water partition coefficient (Wildman–Crippen LogP) is 0.613. The number of hydrogen-bond acceptors (Lipinski definition) is 5. The van der Waals surface area contributed by atoms with Gasteiger partial charge >= 0.3 is 0 Å². The molecular weight excluding hydrogens is 280 g/mol. The molecule has 1 rings (SSSR count). The predicted molar refractivity (Wildman–Crippen MR) is 76.9 cm³/mol. The van der Waals surface area contributed by atoms with Crippen LogP contribution >= 0.6 is 0 Å². The van der Waals surface area contributed by atoms with Gasteiger partial charge in [0.25, 0.3) is 10.0 Å². The Morgan fingerprint density at radius 1 is 1.40 bits per heavy atom. The monoisotopic (exact) mass is 304 g/mol. The molecule has 8 heteroatoms. The number of hydrogen-bond donors (Lipinski definition) is 3. The number of nitrogens with one attached hydrogen (secondary N) is 3. The summed E-state index contributed by atoms with van der Waals surface area (Å²) < 4.78 is 32.5. The van der Waals surface area contributed by atoms with E-state index in [2.05, 4.69) is 20.2 Å². The smallest absolute Gasteiger partial charge is 0.257 e. The van der Waals surface area contributed by atoms with Crippen LogP contribution in [-0.4, -0.2) is 43.9 Å². The summed E-state index contributed by atoms with van der Waals surface area (Å²) in [5.41, 5.74) is 0.0671. The molecule has 1 aromatic rings. The van der Waals surface area contributed by atoms with Gasteiger partial charge in [0.15, 0.2) is 5.03 Å². The molecule has 0 spiro atoms. The Kier molecular flexibility index (Phi) is 6.12. The third kappa shape index (κ3) is 4.86. The molecule has 0 amide bonds. The fourth-order valence-corrected chi connectivity index (χ4v) is 3.03. The molecule has 0 fully saturated rings. The number of nitrogens with zero attached hydrogens (tertiary/aromatic N) is 1. The van der Waals surface area contributed by atoms with Gasteiger partial charge in [-0.3, -0.25) is 5.10 Å². The zero-order valence-electron chi connectivity index (χ0n) is 12.5. The molecule has 0 bridgehead atoms. The Bertz CT molecular complexity index is 511. The maximum Gasteiger partial charge on any atom is 0.257 e. The first-order valence-corrected chi connectivity index (χ1v) is 8.17. The van der Waals surface area contributed by atoms with Crippen molar-refractivity contribution in [3.05, 3.63) is 11.8 Å². The van der Waals surface area contributed by atoms with Crippen LogP contribution in [0.25, 0.3) is 0 Å². The minimum absolute atomic E-state index is 0.103. The van der Waals surface area contributed by atoms with E-state index < -0.39 is 15.6 Å². The third-order valence-electron chi connectivity index (χ3n) is 2.74. The molecule has 0 aliphatic rings. The van der Waals surface area contributed by atoms with Gasteiger partial charge in [0.05, 0.1) is 11.8 Å². The standard InChI is InChI=1S/C12H24N4O3S/c1-5-13-7-10-8-14-16-11(10)20(17,18)15-9-12(3,4)19-6-2/h8,13,15H,5-7,9H2,1-4H3,(H,14,16). The van der Waals surface area contributed by atoms with Gasteiger partial charge in [-0.05, 0) is 27.3 Å². The fourth-order valence-electron chi connectivity index (χ4n) is 1.70. The molecule has 3 N–H and O–H groups in total. The Morgan fingerprint density at radius 2 is 2.10 bits per heavy atom. The third-order valence-corrected chi connectivity index (χ3v) is 4.15. The summed E-state index contributed by atoms with van der Waals surface area (Å²) in [5, 5.41) is 9.53. The van der Waals surface area contributed by atoms with Crippen molar-refractivity contribution in [2.75, 3.05) is 19.7 Å². The summed E-state index contributed by atoms with van der Waals surface area (Å²) in [4.78, 5) is 0. The van der Waals surface area contributed by atoms with Gasteiger partial charge in [0.2, 0.25) is 0 Å². The first-order valence-electron chi connectivity index (χ1n) is 6.69. The van der Waals surface area contributed by atoms with Crippen molar-refractivity contribution in [3.8, 4) is 0 Å². The molecule has 116 valence electrons. The van der Waals surface area contributed by atoms with Crippen LogP contribution in [0, 0.1) is 0 Å². The topological polar surface area (TPSA) is 96.1 Å². The summed E-state index contributed by atoms with van der Waals surface area (Å²) >= 11 is 0. The summed E-state index contributed by atoms with van der Waals surface area (Å²) in [5.74, 6) is 0. The van der Waals surface area contributed by atoms with E-state index in [1.807, 2.05) is 27.7 Å².